The first-order chi connectivity index (χ1) is 16.3. The zero-order valence-corrected chi connectivity index (χ0v) is 20.9. The van der Waals surface area contributed by atoms with Gasteiger partial charge in [-0.15, -0.1) is 0 Å². The Hall–Kier alpha value is -3.11. The molecule has 178 valence electrons. The Morgan fingerprint density at radius 1 is 0.882 bits per heavy atom. The smallest absolute Gasteiger partial charge is 0.243 e. The predicted octanol–water partition coefficient (Wildman–Crippen LogP) is 5.60. The minimum atomic E-state index is -0.630. The van der Waals surface area contributed by atoms with Crippen molar-refractivity contribution in [3.05, 3.63) is 106 Å². The zero-order chi connectivity index (χ0) is 24.5. The summed E-state index contributed by atoms with van der Waals surface area (Å²) in [6.45, 7) is 7.01. The van der Waals surface area contributed by atoms with Crippen molar-refractivity contribution in [1.82, 2.24) is 10.2 Å². The molecule has 0 saturated carbocycles. The molecule has 0 spiro atoms. The van der Waals surface area contributed by atoms with E-state index in [0.717, 1.165) is 22.3 Å². The van der Waals surface area contributed by atoms with Crippen LogP contribution in [0.1, 0.15) is 36.1 Å². The van der Waals surface area contributed by atoms with Crippen LogP contribution in [0.5, 0.6) is 0 Å². The lowest BCUT2D eigenvalue weighted by atomic mass is 10.0. The van der Waals surface area contributed by atoms with Crippen molar-refractivity contribution < 1.29 is 9.59 Å². The van der Waals surface area contributed by atoms with Crippen LogP contribution in [-0.2, 0) is 29.0 Å². The number of carbonyl (C=O) groups excluding carboxylic acids is 2. The van der Waals surface area contributed by atoms with Gasteiger partial charge in [0.05, 0.1) is 6.42 Å². The molecule has 1 atom stereocenters. The van der Waals surface area contributed by atoms with Gasteiger partial charge in [0.1, 0.15) is 6.04 Å². The third kappa shape index (κ3) is 7.74. The number of nitrogens with zero attached hydrogens (tertiary/aromatic N) is 1. The van der Waals surface area contributed by atoms with Crippen LogP contribution in [0.25, 0.3) is 0 Å². The summed E-state index contributed by atoms with van der Waals surface area (Å²) in [4.78, 5) is 28.8. The lowest BCUT2D eigenvalue weighted by Crippen LogP contribution is -2.51. The highest BCUT2D eigenvalue weighted by atomic mass is 35.5. The van der Waals surface area contributed by atoms with Crippen molar-refractivity contribution in [1.29, 1.82) is 0 Å². The van der Waals surface area contributed by atoms with E-state index >= 15 is 0 Å². The van der Waals surface area contributed by atoms with E-state index in [2.05, 4.69) is 19.2 Å². The normalized spacial score (nSPS) is 11.8. The standard InChI is InChI=1S/C29H33ClN2O2/c1-21(2)19-31-29(34)27(17-23-9-5-4-6-10-23)32(20-24-12-14-26(30)15-13-24)28(33)18-25-11-7-8-22(3)16-25/h4-16,21,27H,17-20H2,1-3H3,(H,31,34). The van der Waals surface area contributed by atoms with E-state index < -0.39 is 6.04 Å². The van der Waals surface area contributed by atoms with Gasteiger partial charge in [-0.3, -0.25) is 9.59 Å². The number of amides is 2. The van der Waals surface area contributed by atoms with Gasteiger partial charge in [-0.1, -0.05) is 97.7 Å². The molecular formula is C29H33ClN2O2. The number of hydrogen-bond acceptors (Lipinski definition) is 2. The van der Waals surface area contributed by atoms with Crippen molar-refractivity contribution >= 4 is 23.4 Å². The first-order valence-corrected chi connectivity index (χ1v) is 12.1. The van der Waals surface area contributed by atoms with E-state index in [1.54, 1.807) is 4.90 Å². The summed E-state index contributed by atoms with van der Waals surface area (Å²) in [5, 5.41) is 3.69. The van der Waals surface area contributed by atoms with Crippen molar-refractivity contribution in [3.63, 3.8) is 0 Å². The molecule has 2 amide bonds. The number of hydrogen-bond donors (Lipinski definition) is 1. The quantitative estimate of drug-likeness (QED) is 0.414. The number of rotatable bonds is 10. The van der Waals surface area contributed by atoms with E-state index in [9.17, 15) is 9.59 Å². The number of nitrogens with one attached hydrogen (secondary N) is 1. The van der Waals surface area contributed by atoms with E-state index in [1.165, 1.54) is 0 Å². The molecule has 3 aromatic carbocycles. The molecule has 0 saturated heterocycles. The second kappa shape index (κ2) is 12.4. The summed E-state index contributed by atoms with van der Waals surface area (Å²) in [5.74, 6) is 0.0966. The van der Waals surface area contributed by atoms with Crippen LogP contribution in [0.2, 0.25) is 5.02 Å². The molecule has 34 heavy (non-hydrogen) atoms. The van der Waals surface area contributed by atoms with Crippen LogP contribution in [0.15, 0.2) is 78.9 Å². The molecule has 5 heteroatoms. The molecule has 0 aliphatic carbocycles. The number of aryl methyl sites for hydroxylation is 1. The molecule has 0 bridgehead atoms. The first kappa shape index (κ1) is 25.5. The number of halogens is 1. The SMILES string of the molecule is Cc1cccc(CC(=O)N(Cc2ccc(Cl)cc2)C(Cc2ccccc2)C(=O)NCC(C)C)c1. The van der Waals surface area contributed by atoms with Gasteiger partial charge in [0.15, 0.2) is 0 Å². The molecule has 3 rings (SSSR count). The highest BCUT2D eigenvalue weighted by molar-refractivity contribution is 6.30. The maximum absolute atomic E-state index is 13.7. The van der Waals surface area contributed by atoms with Gasteiger partial charge < -0.3 is 10.2 Å². The Kier molecular flexibility index (Phi) is 9.29. The molecule has 0 aliphatic rings. The molecule has 0 heterocycles. The van der Waals surface area contributed by atoms with E-state index in [1.807, 2.05) is 85.8 Å². The van der Waals surface area contributed by atoms with E-state index in [-0.39, 0.29) is 18.2 Å². The van der Waals surface area contributed by atoms with Crippen LogP contribution >= 0.6 is 11.6 Å². The Bertz CT molecular complexity index is 1080. The van der Waals surface area contributed by atoms with Crippen molar-refractivity contribution in [2.75, 3.05) is 6.54 Å². The fraction of sp³-hybridized carbons (Fsp3) is 0.310. The second-order valence-corrected chi connectivity index (χ2v) is 9.59. The highest BCUT2D eigenvalue weighted by Crippen LogP contribution is 2.18. The summed E-state index contributed by atoms with van der Waals surface area (Å²) in [5.41, 5.74) is 3.98. The van der Waals surface area contributed by atoms with Crippen molar-refractivity contribution in [3.8, 4) is 0 Å². The average molecular weight is 477 g/mol. The van der Waals surface area contributed by atoms with Crippen molar-refractivity contribution in [2.45, 2.75) is 46.2 Å². The summed E-state index contributed by atoms with van der Waals surface area (Å²) < 4.78 is 0. The zero-order valence-electron chi connectivity index (χ0n) is 20.1. The van der Waals surface area contributed by atoms with E-state index in [0.29, 0.717) is 30.5 Å². The molecular weight excluding hydrogens is 444 g/mol. The molecule has 0 aromatic heterocycles. The second-order valence-electron chi connectivity index (χ2n) is 9.16. The van der Waals surface area contributed by atoms with Crippen LogP contribution in [-0.4, -0.2) is 29.3 Å². The largest absolute Gasteiger partial charge is 0.354 e. The van der Waals surface area contributed by atoms with Gasteiger partial charge in [-0.05, 0) is 41.7 Å². The number of carbonyl (C=O) groups is 2. The number of benzene rings is 3. The average Bonchev–Trinajstić information content (AvgIpc) is 2.81. The maximum atomic E-state index is 13.7. The minimum absolute atomic E-state index is 0.0822. The Balaban J connectivity index is 1.94. The summed E-state index contributed by atoms with van der Waals surface area (Å²) in [6, 6.07) is 24.6. The fourth-order valence-corrected chi connectivity index (χ4v) is 3.99. The Morgan fingerprint density at radius 2 is 1.56 bits per heavy atom. The van der Waals surface area contributed by atoms with Gasteiger partial charge >= 0.3 is 0 Å². The third-order valence-corrected chi connectivity index (χ3v) is 5.91. The van der Waals surface area contributed by atoms with Crippen molar-refractivity contribution in [2.24, 2.45) is 5.92 Å². The summed E-state index contributed by atoms with van der Waals surface area (Å²) in [7, 11) is 0. The highest BCUT2D eigenvalue weighted by Gasteiger charge is 2.30. The van der Waals surface area contributed by atoms with Crippen LogP contribution < -0.4 is 5.32 Å². The Labute approximate surface area is 207 Å². The van der Waals surface area contributed by atoms with E-state index in [4.69, 9.17) is 11.6 Å². The molecule has 0 aliphatic heterocycles. The topological polar surface area (TPSA) is 49.4 Å². The van der Waals surface area contributed by atoms with Gasteiger partial charge in [0.2, 0.25) is 11.8 Å². The molecule has 4 nitrogen and oxygen atoms in total. The monoisotopic (exact) mass is 476 g/mol. The molecule has 1 unspecified atom stereocenters. The van der Waals surface area contributed by atoms with Gasteiger partial charge in [0, 0.05) is 24.5 Å². The molecule has 0 radical (unpaired) electrons. The third-order valence-electron chi connectivity index (χ3n) is 5.66. The molecule has 1 N–H and O–H groups in total. The molecule has 0 fully saturated rings. The van der Waals surface area contributed by atoms with Crippen LogP contribution in [0.3, 0.4) is 0 Å². The summed E-state index contributed by atoms with van der Waals surface area (Å²) in [6.07, 6.45) is 0.677. The van der Waals surface area contributed by atoms with Gasteiger partial charge in [-0.2, -0.15) is 0 Å². The lowest BCUT2D eigenvalue weighted by Gasteiger charge is -2.32. The lowest BCUT2D eigenvalue weighted by molar-refractivity contribution is -0.140. The summed E-state index contributed by atoms with van der Waals surface area (Å²) >= 11 is 6.08. The fourth-order valence-electron chi connectivity index (χ4n) is 3.86. The first-order valence-electron chi connectivity index (χ1n) is 11.7. The van der Waals surface area contributed by atoms with Crippen LogP contribution in [0.4, 0.5) is 0 Å². The van der Waals surface area contributed by atoms with Crippen LogP contribution in [0, 0.1) is 12.8 Å². The maximum Gasteiger partial charge on any atom is 0.243 e. The predicted molar refractivity (Wildman–Crippen MR) is 139 cm³/mol. The Morgan fingerprint density at radius 3 is 2.21 bits per heavy atom. The van der Waals surface area contributed by atoms with Gasteiger partial charge in [0.25, 0.3) is 0 Å². The minimum Gasteiger partial charge on any atom is -0.354 e. The molecule has 3 aromatic rings. The van der Waals surface area contributed by atoms with Gasteiger partial charge in [-0.25, -0.2) is 0 Å².